The van der Waals surface area contributed by atoms with Gasteiger partial charge in [-0.05, 0) is 12.1 Å². The maximum absolute atomic E-state index is 11.5. The molecule has 1 unspecified atom stereocenters. The van der Waals surface area contributed by atoms with E-state index in [1.165, 1.54) is 0 Å². The molecule has 0 aliphatic carbocycles. The lowest BCUT2D eigenvalue weighted by molar-refractivity contribution is -0.137. The Kier molecular flexibility index (Phi) is 5.97. The molecule has 1 aromatic carbocycles. The van der Waals surface area contributed by atoms with E-state index < -0.39 is 12.0 Å². The molecular weight excluding hydrogens is 276 g/mol. The van der Waals surface area contributed by atoms with Crippen molar-refractivity contribution in [1.29, 1.82) is 0 Å². The highest BCUT2D eigenvalue weighted by Gasteiger charge is 2.12. The van der Waals surface area contributed by atoms with Gasteiger partial charge in [0.25, 0.3) is 0 Å². The van der Waals surface area contributed by atoms with Crippen LogP contribution < -0.4 is 11.1 Å². The largest absolute Gasteiger partial charge is 0.480 e. The van der Waals surface area contributed by atoms with E-state index in [4.69, 9.17) is 22.4 Å². The Hall–Kier alpha value is -1.24. The predicted molar refractivity (Wildman–Crippen MR) is 73.0 cm³/mol. The Bertz CT molecular complexity index is 442. The summed E-state index contributed by atoms with van der Waals surface area (Å²) in [7, 11) is 0. The normalized spacial score (nSPS) is 11.9. The number of carbonyl (C=O) groups is 2. The molecule has 1 rings (SSSR count). The Balaban J connectivity index is 2.35. The summed E-state index contributed by atoms with van der Waals surface area (Å²) in [6.45, 7) is 0. The van der Waals surface area contributed by atoms with Crippen LogP contribution in [0.2, 0.25) is 5.02 Å². The van der Waals surface area contributed by atoms with Crippen molar-refractivity contribution in [2.75, 3.05) is 16.8 Å². The molecule has 0 spiro atoms. The third kappa shape index (κ3) is 4.95. The summed E-state index contributed by atoms with van der Waals surface area (Å²) < 4.78 is 0. The van der Waals surface area contributed by atoms with Crippen LogP contribution >= 0.6 is 23.4 Å². The monoisotopic (exact) mass is 288 g/mol. The Labute approximate surface area is 114 Å². The minimum Gasteiger partial charge on any atom is -0.480 e. The van der Waals surface area contributed by atoms with Crippen LogP contribution in [0.5, 0.6) is 0 Å². The lowest BCUT2D eigenvalue weighted by Gasteiger charge is -2.08. The number of nitrogens with one attached hydrogen (secondary N) is 1. The van der Waals surface area contributed by atoms with Gasteiger partial charge in [-0.25, -0.2) is 0 Å². The number of thioether (sulfide) groups is 1. The van der Waals surface area contributed by atoms with E-state index in [1.807, 2.05) is 0 Å². The van der Waals surface area contributed by atoms with Crippen LogP contribution in [0, 0.1) is 0 Å². The number of para-hydroxylation sites is 1. The molecule has 0 saturated heterocycles. The molecule has 0 fully saturated rings. The van der Waals surface area contributed by atoms with Crippen LogP contribution in [0.25, 0.3) is 0 Å². The second-order valence-corrected chi connectivity index (χ2v) is 4.93. The molecule has 0 heterocycles. The van der Waals surface area contributed by atoms with E-state index in [0.717, 1.165) is 11.8 Å². The second kappa shape index (κ2) is 7.25. The molecule has 18 heavy (non-hydrogen) atoms. The second-order valence-electron chi connectivity index (χ2n) is 3.49. The van der Waals surface area contributed by atoms with Gasteiger partial charge in [-0.2, -0.15) is 0 Å². The molecule has 1 aromatic rings. The summed E-state index contributed by atoms with van der Waals surface area (Å²) in [5.74, 6) is -1.00. The first kappa shape index (κ1) is 14.8. The first-order chi connectivity index (χ1) is 8.50. The number of rotatable bonds is 6. The van der Waals surface area contributed by atoms with Gasteiger partial charge in [-0.1, -0.05) is 23.7 Å². The highest BCUT2D eigenvalue weighted by atomic mass is 35.5. The van der Waals surface area contributed by atoms with Crippen molar-refractivity contribution < 1.29 is 14.7 Å². The third-order valence-electron chi connectivity index (χ3n) is 2.00. The van der Waals surface area contributed by atoms with Crippen LogP contribution in [0.15, 0.2) is 24.3 Å². The molecule has 98 valence electrons. The van der Waals surface area contributed by atoms with Gasteiger partial charge in [0.15, 0.2) is 0 Å². The van der Waals surface area contributed by atoms with Crippen molar-refractivity contribution in [3.05, 3.63) is 29.3 Å². The first-order valence-electron chi connectivity index (χ1n) is 5.11. The van der Waals surface area contributed by atoms with Crippen molar-refractivity contribution in [1.82, 2.24) is 0 Å². The van der Waals surface area contributed by atoms with Crippen LogP contribution in [0.3, 0.4) is 0 Å². The Morgan fingerprint density at radius 1 is 1.44 bits per heavy atom. The molecule has 0 saturated carbocycles. The maximum atomic E-state index is 11.5. The zero-order valence-electron chi connectivity index (χ0n) is 9.43. The van der Waals surface area contributed by atoms with Gasteiger partial charge in [0, 0.05) is 5.75 Å². The fraction of sp³-hybridized carbons (Fsp3) is 0.273. The maximum Gasteiger partial charge on any atom is 0.321 e. The van der Waals surface area contributed by atoms with Crippen molar-refractivity contribution in [3.8, 4) is 0 Å². The van der Waals surface area contributed by atoms with Crippen molar-refractivity contribution >= 4 is 40.9 Å². The predicted octanol–water partition coefficient (Wildman–Crippen LogP) is 1.42. The van der Waals surface area contributed by atoms with Crippen molar-refractivity contribution in [2.45, 2.75) is 6.04 Å². The van der Waals surface area contributed by atoms with Gasteiger partial charge in [-0.15, -0.1) is 11.8 Å². The summed E-state index contributed by atoms with van der Waals surface area (Å²) in [6, 6.07) is 5.93. The standard InChI is InChI=1S/C11H13ClN2O3S/c12-7-3-1-2-4-9(7)14-10(15)6-18-5-8(13)11(16)17/h1-4,8H,5-6,13H2,(H,14,15)(H,16,17). The molecule has 0 aliphatic heterocycles. The topological polar surface area (TPSA) is 92.4 Å². The highest BCUT2D eigenvalue weighted by Crippen LogP contribution is 2.20. The number of hydrogen-bond donors (Lipinski definition) is 3. The average molecular weight is 289 g/mol. The highest BCUT2D eigenvalue weighted by molar-refractivity contribution is 8.00. The number of hydrogen-bond acceptors (Lipinski definition) is 4. The minimum absolute atomic E-state index is 0.131. The van der Waals surface area contributed by atoms with Gasteiger partial charge < -0.3 is 16.2 Å². The van der Waals surface area contributed by atoms with E-state index in [0.29, 0.717) is 10.7 Å². The van der Waals surface area contributed by atoms with Crippen molar-refractivity contribution in [2.24, 2.45) is 5.73 Å². The van der Waals surface area contributed by atoms with E-state index in [9.17, 15) is 9.59 Å². The van der Waals surface area contributed by atoms with Gasteiger partial charge >= 0.3 is 5.97 Å². The molecule has 1 amide bonds. The number of nitrogens with two attached hydrogens (primary N) is 1. The smallest absolute Gasteiger partial charge is 0.321 e. The van der Waals surface area contributed by atoms with Crippen molar-refractivity contribution in [3.63, 3.8) is 0 Å². The number of benzene rings is 1. The van der Waals surface area contributed by atoms with E-state index in [1.54, 1.807) is 24.3 Å². The number of aliphatic carboxylic acids is 1. The van der Waals surface area contributed by atoms with Gasteiger partial charge in [0.05, 0.1) is 16.5 Å². The molecule has 1 atom stereocenters. The molecular formula is C11H13ClN2O3S. The summed E-state index contributed by atoms with van der Waals surface area (Å²) in [5, 5.41) is 11.7. The average Bonchev–Trinajstić information content (AvgIpc) is 2.32. The number of amides is 1. The number of carbonyl (C=O) groups excluding carboxylic acids is 1. The van der Waals surface area contributed by atoms with Gasteiger partial charge in [-0.3, -0.25) is 9.59 Å². The zero-order valence-corrected chi connectivity index (χ0v) is 11.0. The number of halogens is 1. The molecule has 4 N–H and O–H groups in total. The fourth-order valence-corrected chi connectivity index (χ4v) is 2.05. The van der Waals surface area contributed by atoms with E-state index in [2.05, 4.69) is 5.32 Å². The quantitative estimate of drug-likeness (QED) is 0.736. The molecule has 7 heteroatoms. The molecule has 0 bridgehead atoms. The summed E-state index contributed by atoms with van der Waals surface area (Å²) >= 11 is 7.04. The Morgan fingerprint density at radius 3 is 2.72 bits per heavy atom. The van der Waals surface area contributed by atoms with Crippen LogP contribution in [-0.4, -0.2) is 34.5 Å². The van der Waals surface area contributed by atoms with Gasteiger partial charge in [0.2, 0.25) is 5.91 Å². The Morgan fingerprint density at radius 2 is 2.11 bits per heavy atom. The van der Waals surface area contributed by atoms with E-state index >= 15 is 0 Å². The van der Waals surface area contributed by atoms with Crippen LogP contribution in [0.1, 0.15) is 0 Å². The summed E-state index contributed by atoms with van der Waals surface area (Å²) in [6.07, 6.45) is 0. The minimum atomic E-state index is -1.07. The lowest BCUT2D eigenvalue weighted by atomic mass is 10.3. The van der Waals surface area contributed by atoms with Gasteiger partial charge in [0.1, 0.15) is 6.04 Å². The molecule has 5 nitrogen and oxygen atoms in total. The number of carboxylic acid groups (broad SMARTS) is 1. The first-order valence-corrected chi connectivity index (χ1v) is 6.64. The van der Waals surface area contributed by atoms with Crippen LogP contribution in [-0.2, 0) is 9.59 Å². The molecule has 0 aromatic heterocycles. The zero-order chi connectivity index (χ0) is 13.5. The SMILES string of the molecule is NC(CSCC(=O)Nc1ccccc1Cl)C(=O)O. The lowest BCUT2D eigenvalue weighted by Crippen LogP contribution is -2.33. The number of carboxylic acids is 1. The third-order valence-corrected chi connectivity index (χ3v) is 3.39. The fourth-order valence-electron chi connectivity index (χ4n) is 1.10. The molecule has 0 aliphatic rings. The van der Waals surface area contributed by atoms with E-state index in [-0.39, 0.29) is 17.4 Å². The van der Waals surface area contributed by atoms with Crippen LogP contribution in [0.4, 0.5) is 5.69 Å². The summed E-state index contributed by atoms with van der Waals surface area (Å²) in [4.78, 5) is 22.0. The number of anilines is 1. The summed E-state index contributed by atoms with van der Waals surface area (Å²) in [5.41, 5.74) is 5.84. The molecule has 0 radical (unpaired) electrons.